The van der Waals surface area contributed by atoms with E-state index in [1.807, 2.05) is 37.4 Å². The van der Waals surface area contributed by atoms with Crippen LogP contribution in [0.4, 0.5) is 5.69 Å². The molecule has 1 atom stereocenters. The van der Waals surface area contributed by atoms with Gasteiger partial charge in [-0.2, -0.15) is 0 Å². The monoisotopic (exact) mass is 427 g/mol. The van der Waals surface area contributed by atoms with E-state index in [0.717, 1.165) is 26.9 Å². The minimum Gasteiger partial charge on any atom is -0.315 e. The Bertz CT molecular complexity index is 732. The van der Waals surface area contributed by atoms with Gasteiger partial charge in [-0.25, -0.2) is 0 Å². The Labute approximate surface area is 145 Å². The average molecular weight is 430 g/mol. The zero-order chi connectivity index (χ0) is 15.1. The molecule has 1 aliphatic rings. The number of benzene rings is 2. The number of fused-ring (bicyclic) bond motifs is 1. The summed E-state index contributed by atoms with van der Waals surface area (Å²) < 4.78 is 0.956. The van der Waals surface area contributed by atoms with Crippen LogP contribution >= 0.6 is 43.5 Å². The normalized spacial score (nSPS) is 15.2. The van der Waals surface area contributed by atoms with Crippen molar-refractivity contribution in [2.45, 2.75) is 11.2 Å². The van der Waals surface area contributed by atoms with Crippen molar-refractivity contribution in [2.75, 3.05) is 11.9 Å². The number of anilines is 1. The second-order valence-electron chi connectivity index (χ2n) is 5.05. The summed E-state index contributed by atoms with van der Waals surface area (Å²) >= 11 is 13.4. The Morgan fingerprint density at radius 3 is 2.71 bits per heavy atom. The maximum absolute atomic E-state index is 11.8. The summed E-state index contributed by atoms with van der Waals surface area (Å²) in [5, 5.41) is 0.708. The second-order valence-corrected chi connectivity index (χ2v) is 7.28. The predicted molar refractivity (Wildman–Crippen MR) is 93.5 cm³/mol. The molecule has 2 aromatic carbocycles. The lowest BCUT2D eigenvalue weighted by atomic mass is 10.0. The van der Waals surface area contributed by atoms with Gasteiger partial charge in [0.25, 0.3) is 0 Å². The van der Waals surface area contributed by atoms with E-state index in [0.29, 0.717) is 11.4 Å². The van der Waals surface area contributed by atoms with Crippen LogP contribution in [0.3, 0.4) is 0 Å². The van der Waals surface area contributed by atoms with Gasteiger partial charge in [-0.05, 0) is 34.9 Å². The molecule has 21 heavy (non-hydrogen) atoms. The van der Waals surface area contributed by atoms with E-state index in [4.69, 9.17) is 11.6 Å². The van der Waals surface area contributed by atoms with Gasteiger partial charge in [0.1, 0.15) is 0 Å². The highest BCUT2D eigenvalue weighted by molar-refractivity contribution is 9.10. The molecule has 0 aromatic heterocycles. The third-order valence-electron chi connectivity index (χ3n) is 3.71. The molecular weight excluding hydrogens is 417 g/mol. The second kappa shape index (κ2) is 5.75. The first-order chi connectivity index (χ1) is 9.97. The van der Waals surface area contributed by atoms with Crippen LogP contribution in [-0.2, 0) is 11.2 Å². The Balaban J connectivity index is 1.98. The number of hydrogen-bond acceptors (Lipinski definition) is 1. The molecule has 0 fully saturated rings. The summed E-state index contributed by atoms with van der Waals surface area (Å²) in [7, 11) is 1.81. The molecule has 2 nitrogen and oxygen atoms in total. The number of hydrogen-bond donors (Lipinski definition) is 0. The molecule has 0 aliphatic carbocycles. The van der Waals surface area contributed by atoms with E-state index in [9.17, 15) is 4.79 Å². The number of nitrogens with zero attached hydrogens (tertiary/aromatic N) is 1. The molecule has 1 unspecified atom stereocenters. The molecule has 0 saturated heterocycles. The zero-order valence-electron chi connectivity index (χ0n) is 11.2. The van der Waals surface area contributed by atoms with Gasteiger partial charge in [0, 0.05) is 22.2 Å². The van der Waals surface area contributed by atoms with E-state index < -0.39 is 0 Å². The highest BCUT2D eigenvalue weighted by atomic mass is 79.9. The quantitative estimate of drug-likeness (QED) is 0.608. The number of halogens is 3. The van der Waals surface area contributed by atoms with Crippen LogP contribution in [-0.4, -0.2) is 13.0 Å². The van der Waals surface area contributed by atoms with Crippen LogP contribution in [0, 0.1) is 0 Å². The molecule has 0 radical (unpaired) electrons. The Kier molecular flexibility index (Phi) is 4.12. The minimum absolute atomic E-state index is 0.00408. The van der Waals surface area contributed by atoms with E-state index in [-0.39, 0.29) is 10.7 Å². The summed E-state index contributed by atoms with van der Waals surface area (Å²) in [4.78, 5) is 13.5. The van der Waals surface area contributed by atoms with Crippen molar-refractivity contribution < 1.29 is 4.79 Å². The fraction of sp³-hybridized carbons (Fsp3) is 0.188. The lowest BCUT2D eigenvalue weighted by Crippen LogP contribution is -2.20. The molecule has 108 valence electrons. The molecule has 0 bridgehead atoms. The molecule has 0 saturated carbocycles. The van der Waals surface area contributed by atoms with Gasteiger partial charge in [0.05, 0.1) is 11.2 Å². The van der Waals surface area contributed by atoms with E-state index >= 15 is 0 Å². The largest absolute Gasteiger partial charge is 0.315 e. The van der Waals surface area contributed by atoms with Crippen molar-refractivity contribution in [1.29, 1.82) is 0 Å². The maximum atomic E-state index is 11.8. The van der Waals surface area contributed by atoms with E-state index in [1.54, 1.807) is 4.90 Å². The SMILES string of the molecule is CN1C(=O)Cc2cc(C(Br)c3ccc(Br)cc3Cl)ccc21. The van der Waals surface area contributed by atoms with Gasteiger partial charge in [-0.1, -0.05) is 61.7 Å². The third kappa shape index (κ3) is 2.77. The van der Waals surface area contributed by atoms with Gasteiger partial charge in [-0.3, -0.25) is 4.79 Å². The van der Waals surface area contributed by atoms with Gasteiger partial charge < -0.3 is 4.90 Å². The average Bonchev–Trinajstić information content (AvgIpc) is 2.73. The van der Waals surface area contributed by atoms with Crippen LogP contribution in [0.2, 0.25) is 5.02 Å². The van der Waals surface area contributed by atoms with Crippen molar-refractivity contribution in [2.24, 2.45) is 0 Å². The fourth-order valence-electron chi connectivity index (χ4n) is 2.53. The molecule has 1 amide bonds. The van der Waals surface area contributed by atoms with Gasteiger partial charge in [0.2, 0.25) is 5.91 Å². The number of amides is 1. The summed E-state index contributed by atoms with van der Waals surface area (Å²) in [6.07, 6.45) is 0.466. The van der Waals surface area contributed by atoms with E-state index in [2.05, 4.69) is 37.9 Å². The standard InChI is InChI=1S/C16H12Br2ClNO/c1-20-14-5-2-9(6-10(14)7-15(20)21)16(18)12-4-3-11(17)8-13(12)19/h2-6,8,16H,7H2,1H3. The lowest BCUT2D eigenvalue weighted by molar-refractivity contribution is -0.117. The number of rotatable bonds is 2. The number of alkyl halides is 1. The molecule has 0 N–H and O–H groups in total. The molecule has 1 heterocycles. The third-order valence-corrected chi connectivity index (χ3v) is 5.55. The highest BCUT2D eigenvalue weighted by Crippen LogP contribution is 2.39. The topological polar surface area (TPSA) is 20.3 Å². The molecule has 3 rings (SSSR count). The molecule has 1 aliphatic heterocycles. The number of carbonyl (C=O) groups excluding carboxylic acids is 1. The maximum Gasteiger partial charge on any atom is 0.231 e. The van der Waals surface area contributed by atoms with Crippen molar-refractivity contribution >= 4 is 55.1 Å². The van der Waals surface area contributed by atoms with Crippen LogP contribution in [0.5, 0.6) is 0 Å². The first-order valence-electron chi connectivity index (χ1n) is 6.46. The van der Waals surface area contributed by atoms with Crippen molar-refractivity contribution in [3.8, 4) is 0 Å². The first-order valence-corrected chi connectivity index (χ1v) is 8.54. The zero-order valence-corrected chi connectivity index (χ0v) is 15.2. The minimum atomic E-state index is 0.00408. The highest BCUT2D eigenvalue weighted by Gasteiger charge is 2.25. The first kappa shape index (κ1) is 15.1. The number of likely N-dealkylation sites (N-methyl/N-ethyl adjacent to an activating group) is 1. The Morgan fingerprint density at radius 1 is 1.24 bits per heavy atom. The van der Waals surface area contributed by atoms with Gasteiger partial charge in [0.15, 0.2) is 0 Å². The molecule has 0 spiro atoms. The van der Waals surface area contributed by atoms with Crippen LogP contribution in [0.25, 0.3) is 0 Å². The Morgan fingerprint density at radius 2 is 2.00 bits per heavy atom. The fourth-order valence-corrected chi connectivity index (χ4v) is 4.13. The van der Waals surface area contributed by atoms with E-state index in [1.165, 1.54) is 0 Å². The predicted octanol–water partition coefficient (Wildman–Crippen LogP) is 5.11. The van der Waals surface area contributed by atoms with Crippen LogP contribution < -0.4 is 4.90 Å². The van der Waals surface area contributed by atoms with Crippen LogP contribution in [0.1, 0.15) is 21.5 Å². The summed E-state index contributed by atoms with van der Waals surface area (Å²) in [6.45, 7) is 0. The lowest BCUT2D eigenvalue weighted by Gasteiger charge is -2.15. The van der Waals surface area contributed by atoms with Crippen molar-refractivity contribution in [3.05, 3.63) is 62.6 Å². The molecule has 2 aromatic rings. The van der Waals surface area contributed by atoms with Crippen molar-refractivity contribution in [3.63, 3.8) is 0 Å². The summed E-state index contributed by atoms with van der Waals surface area (Å²) in [5.41, 5.74) is 4.17. The van der Waals surface area contributed by atoms with Crippen molar-refractivity contribution in [1.82, 2.24) is 0 Å². The summed E-state index contributed by atoms with van der Waals surface area (Å²) in [5.74, 6) is 0.134. The van der Waals surface area contributed by atoms with Crippen LogP contribution in [0.15, 0.2) is 40.9 Å². The van der Waals surface area contributed by atoms with Gasteiger partial charge >= 0.3 is 0 Å². The molecular formula is C16H12Br2ClNO. The van der Waals surface area contributed by atoms with Gasteiger partial charge in [-0.15, -0.1) is 0 Å². The number of carbonyl (C=O) groups is 1. The summed E-state index contributed by atoms with van der Waals surface area (Å²) in [6, 6.07) is 12.0. The Hall–Kier alpha value is -0.840. The molecule has 5 heteroatoms. The smallest absolute Gasteiger partial charge is 0.231 e.